The van der Waals surface area contributed by atoms with Gasteiger partial charge in [0, 0.05) is 55.2 Å². The van der Waals surface area contributed by atoms with Crippen LogP contribution in [0.25, 0.3) is 0 Å². The SMILES string of the molecule is O=C(c1cccs1)N1CCN(C2CSCCSC2)CC1. The Bertz CT molecular complexity index is 422. The van der Waals surface area contributed by atoms with Crippen LogP contribution in [0.5, 0.6) is 0 Å². The third kappa shape index (κ3) is 3.53. The van der Waals surface area contributed by atoms with Crippen LogP contribution in [0, 0.1) is 0 Å². The van der Waals surface area contributed by atoms with Gasteiger partial charge in [-0.3, -0.25) is 9.69 Å². The predicted molar refractivity (Wildman–Crippen MR) is 90.2 cm³/mol. The van der Waals surface area contributed by atoms with E-state index in [1.807, 2.05) is 22.4 Å². The van der Waals surface area contributed by atoms with E-state index in [-0.39, 0.29) is 5.91 Å². The van der Waals surface area contributed by atoms with Gasteiger partial charge >= 0.3 is 0 Å². The van der Waals surface area contributed by atoms with Crippen LogP contribution in [0.4, 0.5) is 0 Å². The lowest BCUT2D eigenvalue weighted by Crippen LogP contribution is -2.53. The summed E-state index contributed by atoms with van der Waals surface area (Å²) in [4.78, 5) is 17.8. The van der Waals surface area contributed by atoms with Crippen LogP contribution in [-0.4, -0.2) is 70.9 Å². The minimum Gasteiger partial charge on any atom is -0.335 e. The number of hydrogen-bond acceptors (Lipinski definition) is 5. The molecule has 1 aromatic heterocycles. The minimum atomic E-state index is 0.212. The number of nitrogens with zero attached hydrogens (tertiary/aromatic N) is 2. The third-order valence-corrected chi connectivity index (χ3v) is 7.19. The first-order valence-corrected chi connectivity index (χ1v) is 10.3. The number of thioether (sulfide) groups is 2. The van der Waals surface area contributed by atoms with Gasteiger partial charge in [-0.05, 0) is 11.4 Å². The molecule has 0 radical (unpaired) electrons. The lowest BCUT2D eigenvalue weighted by atomic mass is 10.2. The average Bonchev–Trinajstić information content (AvgIpc) is 2.89. The molecule has 0 unspecified atom stereocenters. The van der Waals surface area contributed by atoms with E-state index in [4.69, 9.17) is 0 Å². The van der Waals surface area contributed by atoms with Crippen molar-refractivity contribution >= 4 is 40.8 Å². The number of carbonyl (C=O) groups excluding carboxylic acids is 1. The molecule has 1 aromatic rings. The molecule has 3 heterocycles. The van der Waals surface area contributed by atoms with E-state index in [1.165, 1.54) is 23.0 Å². The zero-order valence-electron chi connectivity index (χ0n) is 11.5. The summed E-state index contributed by atoms with van der Waals surface area (Å²) in [6.45, 7) is 3.82. The maximum absolute atomic E-state index is 12.3. The minimum absolute atomic E-state index is 0.212. The molecule has 0 atom stereocenters. The van der Waals surface area contributed by atoms with Crippen molar-refractivity contribution < 1.29 is 4.79 Å². The molecule has 110 valence electrons. The van der Waals surface area contributed by atoms with E-state index in [1.54, 1.807) is 11.3 Å². The van der Waals surface area contributed by atoms with Crippen LogP contribution in [0.1, 0.15) is 9.67 Å². The van der Waals surface area contributed by atoms with Crippen LogP contribution < -0.4 is 0 Å². The molecule has 2 aliphatic rings. The first kappa shape index (κ1) is 14.8. The van der Waals surface area contributed by atoms with Crippen molar-refractivity contribution in [3.05, 3.63) is 22.4 Å². The van der Waals surface area contributed by atoms with Gasteiger partial charge in [0.25, 0.3) is 5.91 Å². The first-order chi connectivity index (χ1) is 9.84. The smallest absolute Gasteiger partial charge is 0.264 e. The van der Waals surface area contributed by atoms with E-state index < -0.39 is 0 Å². The van der Waals surface area contributed by atoms with E-state index in [0.717, 1.165) is 31.1 Å². The highest BCUT2D eigenvalue weighted by Crippen LogP contribution is 2.22. The Morgan fingerprint density at radius 2 is 1.80 bits per heavy atom. The number of rotatable bonds is 2. The van der Waals surface area contributed by atoms with Crippen molar-refractivity contribution in [2.45, 2.75) is 6.04 Å². The van der Waals surface area contributed by atoms with Gasteiger partial charge in [0.1, 0.15) is 0 Å². The van der Waals surface area contributed by atoms with Gasteiger partial charge < -0.3 is 4.90 Å². The lowest BCUT2D eigenvalue weighted by Gasteiger charge is -2.38. The number of carbonyl (C=O) groups is 1. The maximum atomic E-state index is 12.3. The fraction of sp³-hybridized carbons (Fsp3) is 0.643. The Hall–Kier alpha value is -0.170. The van der Waals surface area contributed by atoms with E-state index in [9.17, 15) is 4.79 Å². The van der Waals surface area contributed by atoms with Crippen LogP contribution in [-0.2, 0) is 0 Å². The van der Waals surface area contributed by atoms with Crippen LogP contribution in [0.3, 0.4) is 0 Å². The van der Waals surface area contributed by atoms with Crippen molar-refractivity contribution in [2.24, 2.45) is 0 Å². The molecule has 0 saturated carbocycles. The summed E-state index contributed by atoms with van der Waals surface area (Å²) in [5.74, 6) is 5.30. The van der Waals surface area contributed by atoms with E-state index in [0.29, 0.717) is 6.04 Å². The largest absolute Gasteiger partial charge is 0.335 e. The molecule has 2 aliphatic heterocycles. The van der Waals surface area contributed by atoms with Crippen molar-refractivity contribution in [3.8, 4) is 0 Å². The van der Waals surface area contributed by atoms with Gasteiger partial charge in [-0.25, -0.2) is 0 Å². The monoisotopic (exact) mass is 328 g/mol. The summed E-state index contributed by atoms with van der Waals surface area (Å²) in [6, 6.07) is 4.58. The van der Waals surface area contributed by atoms with E-state index in [2.05, 4.69) is 28.4 Å². The molecule has 1 amide bonds. The first-order valence-electron chi connectivity index (χ1n) is 7.07. The highest BCUT2D eigenvalue weighted by Gasteiger charge is 2.27. The second-order valence-corrected chi connectivity index (χ2v) is 8.36. The Balaban J connectivity index is 1.52. The third-order valence-electron chi connectivity index (χ3n) is 3.84. The second-order valence-electron chi connectivity index (χ2n) is 5.11. The predicted octanol–water partition coefficient (Wildman–Crippen LogP) is 2.35. The normalized spacial score (nSPS) is 22.7. The Morgan fingerprint density at radius 3 is 2.40 bits per heavy atom. The summed E-state index contributed by atoms with van der Waals surface area (Å²) in [6.07, 6.45) is 0. The Kier molecular flexibility index (Phi) is 5.31. The molecule has 6 heteroatoms. The van der Waals surface area contributed by atoms with Gasteiger partial charge in [-0.2, -0.15) is 23.5 Å². The molecule has 20 heavy (non-hydrogen) atoms. The van der Waals surface area contributed by atoms with Gasteiger partial charge in [0.2, 0.25) is 0 Å². The van der Waals surface area contributed by atoms with Crippen LogP contribution in [0.15, 0.2) is 17.5 Å². The van der Waals surface area contributed by atoms with Gasteiger partial charge in [-0.15, -0.1) is 11.3 Å². The summed E-state index contributed by atoms with van der Waals surface area (Å²) in [5.41, 5.74) is 0. The van der Waals surface area contributed by atoms with E-state index >= 15 is 0 Å². The summed E-state index contributed by atoms with van der Waals surface area (Å²) < 4.78 is 0. The topological polar surface area (TPSA) is 23.6 Å². The van der Waals surface area contributed by atoms with Crippen molar-refractivity contribution in [1.29, 1.82) is 0 Å². The van der Waals surface area contributed by atoms with Crippen molar-refractivity contribution in [3.63, 3.8) is 0 Å². The average molecular weight is 329 g/mol. The number of thiophene rings is 1. The van der Waals surface area contributed by atoms with Gasteiger partial charge in [0.05, 0.1) is 4.88 Å². The summed E-state index contributed by atoms with van der Waals surface area (Å²) >= 11 is 5.71. The second kappa shape index (κ2) is 7.20. The fourth-order valence-corrected chi connectivity index (χ4v) is 5.98. The number of piperazine rings is 1. The molecule has 2 saturated heterocycles. The fourth-order valence-electron chi connectivity index (χ4n) is 2.66. The zero-order valence-corrected chi connectivity index (χ0v) is 13.9. The molecule has 0 aromatic carbocycles. The quantitative estimate of drug-likeness (QED) is 0.831. The zero-order chi connectivity index (χ0) is 13.8. The summed E-state index contributed by atoms with van der Waals surface area (Å²) in [5, 5.41) is 1.98. The molecule has 0 spiro atoms. The molecule has 0 N–H and O–H groups in total. The van der Waals surface area contributed by atoms with Gasteiger partial charge in [-0.1, -0.05) is 6.07 Å². The Labute approximate surface area is 133 Å². The number of amides is 1. The van der Waals surface area contributed by atoms with Crippen LogP contribution >= 0.6 is 34.9 Å². The molecular weight excluding hydrogens is 308 g/mol. The molecule has 3 rings (SSSR count). The number of hydrogen-bond donors (Lipinski definition) is 0. The molecule has 0 bridgehead atoms. The summed E-state index contributed by atoms with van der Waals surface area (Å²) in [7, 11) is 0. The molecule has 3 nitrogen and oxygen atoms in total. The highest BCUT2D eigenvalue weighted by molar-refractivity contribution is 8.03. The Morgan fingerprint density at radius 1 is 1.10 bits per heavy atom. The van der Waals surface area contributed by atoms with Gasteiger partial charge in [0.15, 0.2) is 0 Å². The lowest BCUT2D eigenvalue weighted by molar-refractivity contribution is 0.0606. The van der Waals surface area contributed by atoms with Crippen molar-refractivity contribution in [1.82, 2.24) is 9.80 Å². The van der Waals surface area contributed by atoms with Crippen LogP contribution in [0.2, 0.25) is 0 Å². The standard InChI is InChI=1S/C14H20N2OS3/c17-14(13-2-1-7-20-13)16-5-3-15(4-6-16)12-10-18-8-9-19-11-12/h1-2,7,12H,3-6,8-11H2. The molecule has 2 fully saturated rings. The highest BCUT2D eigenvalue weighted by atomic mass is 32.2. The molecule has 0 aliphatic carbocycles. The van der Waals surface area contributed by atoms with Crippen molar-refractivity contribution in [2.75, 3.05) is 49.2 Å². The molecular formula is C14H20N2OS3. The maximum Gasteiger partial charge on any atom is 0.264 e.